The Morgan fingerprint density at radius 3 is 3.14 bits per heavy atom. The molecule has 0 atom stereocenters. The van der Waals surface area contributed by atoms with Crippen LogP contribution in [0, 0.1) is 0 Å². The molecule has 0 saturated carbocycles. The summed E-state index contributed by atoms with van der Waals surface area (Å²) >= 11 is 1.63. The van der Waals surface area contributed by atoms with Crippen molar-refractivity contribution in [2.75, 3.05) is 13.1 Å². The average molecular weight is 210 g/mol. The molecule has 3 nitrogen and oxygen atoms in total. The van der Waals surface area contributed by atoms with Crippen LogP contribution in [0.3, 0.4) is 0 Å². The van der Waals surface area contributed by atoms with Gasteiger partial charge in [0.1, 0.15) is 0 Å². The van der Waals surface area contributed by atoms with Crippen LogP contribution in [0.5, 0.6) is 0 Å². The largest absolute Gasteiger partial charge is 0.350 e. The predicted molar refractivity (Wildman–Crippen MR) is 57.7 cm³/mol. The fourth-order valence-electron chi connectivity index (χ4n) is 1.71. The highest BCUT2D eigenvalue weighted by molar-refractivity contribution is 7.14. The van der Waals surface area contributed by atoms with Crippen LogP contribution >= 0.6 is 11.3 Å². The molecule has 0 aliphatic heterocycles. The smallest absolute Gasteiger partial charge is 0.261 e. The van der Waals surface area contributed by atoms with Crippen LogP contribution in [0.1, 0.15) is 26.5 Å². The van der Waals surface area contributed by atoms with Crippen molar-refractivity contribution < 1.29 is 4.79 Å². The minimum absolute atomic E-state index is 0.0230. The van der Waals surface area contributed by atoms with Gasteiger partial charge in [0.2, 0.25) is 0 Å². The van der Waals surface area contributed by atoms with Crippen LogP contribution in [0.25, 0.3) is 0 Å². The second-order valence-corrected chi connectivity index (χ2v) is 4.59. The summed E-state index contributed by atoms with van der Waals surface area (Å²) in [7, 11) is 0. The molecule has 1 aliphatic rings. The van der Waals surface area contributed by atoms with Crippen molar-refractivity contribution in [2.24, 2.45) is 5.73 Å². The molecule has 0 bridgehead atoms. The summed E-state index contributed by atoms with van der Waals surface area (Å²) in [6, 6.07) is 2.03. The van der Waals surface area contributed by atoms with Gasteiger partial charge in [-0.05, 0) is 30.9 Å². The van der Waals surface area contributed by atoms with E-state index in [1.54, 1.807) is 11.3 Å². The number of carbonyl (C=O) groups is 1. The van der Waals surface area contributed by atoms with E-state index < -0.39 is 0 Å². The monoisotopic (exact) mass is 210 g/mol. The number of nitrogens with one attached hydrogen (secondary N) is 1. The standard InChI is InChI=1S/C10H14N2OS/c11-4-5-12-10(13)9-6-7-2-1-3-8(7)14-9/h6H,1-5,11H2,(H,12,13). The van der Waals surface area contributed by atoms with Gasteiger partial charge >= 0.3 is 0 Å². The van der Waals surface area contributed by atoms with Crippen LogP contribution in [0.15, 0.2) is 6.07 Å². The topological polar surface area (TPSA) is 55.1 Å². The van der Waals surface area contributed by atoms with E-state index in [1.807, 2.05) is 6.07 Å². The highest BCUT2D eigenvalue weighted by Crippen LogP contribution is 2.30. The van der Waals surface area contributed by atoms with E-state index in [0.717, 1.165) is 17.7 Å². The maximum Gasteiger partial charge on any atom is 0.261 e. The van der Waals surface area contributed by atoms with Gasteiger partial charge in [0.25, 0.3) is 5.91 Å². The minimum atomic E-state index is 0.0230. The van der Waals surface area contributed by atoms with Gasteiger partial charge in [-0.2, -0.15) is 0 Å². The third-order valence-electron chi connectivity index (χ3n) is 2.40. The fraction of sp³-hybridized carbons (Fsp3) is 0.500. The number of aryl methyl sites for hydroxylation is 2. The van der Waals surface area contributed by atoms with E-state index in [0.29, 0.717) is 13.1 Å². The third kappa shape index (κ3) is 1.81. The van der Waals surface area contributed by atoms with Crippen molar-refractivity contribution >= 4 is 17.2 Å². The minimum Gasteiger partial charge on any atom is -0.350 e. The van der Waals surface area contributed by atoms with Crippen LogP contribution in [-0.4, -0.2) is 19.0 Å². The van der Waals surface area contributed by atoms with Crippen LogP contribution in [0.4, 0.5) is 0 Å². The summed E-state index contributed by atoms with van der Waals surface area (Å²) in [5, 5.41) is 2.78. The molecule has 4 heteroatoms. The molecule has 76 valence electrons. The summed E-state index contributed by atoms with van der Waals surface area (Å²) < 4.78 is 0. The zero-order valence-corrected chi connectivity index (χ0v) is 8.82. The lowest BCUT2D eigenvalue weighted by molar-refractivity contribution is 0.0958. The summed E-state index contributed by atoms with van der Waals surface area (Å²) in [6.07, 6.45) is 3.52. The van der Waals surface area contributed by atoms with Gasteiger partial charge in [0, 0.05) is 18.0 Å². The Labute approximate surface area is 87.3 Å². The number of rotatable bonds is 3. The summed E-state index contributed by atoms with van der Waals surface area (Å²) in [5.74, 6) is 0.0230. The van der Waals surface area contributed by atoms with Crippen molar-refractivity contribution in [1.82, 2.24) is 5.32 Å². The maximum absolute atomic E-state index is 11.6. The van der Waals surface area contributed by atoms with Crippen molar-refractivity contribution in [3.63, 3.8) is 0 Å². The molecule has 2 rings (SSSR count). The molecule has 0 unspecified atom stereocenters. The van der Waals surface area contributed by atoms with Crippen molar-refractivity contribution in [3.8, 4) is 0 Å². The SMILES string of the molecule is NCCNC(=O)c1cc2c(s1)CCC2. The Morgan fingerprint density at radius 2 is 2.43 bits per heavy atom. The predicted octanol–water partition coefficient (Wildman–Crippen LogP) is 0.925. The molecule has 1 aromatic heterocycles. The van der Waals surface area contributed by atoms with E-state index in [1.165, 1.54) is 16.9 Å². The Hall–Kier alpha value is -0.870. The van der Waals surface area contributed by atoms with Gasteiger partial charge in [-0.3, -0.25) is 4.79 Å². The molecule has 1 heterocycles. The first-order valence-electron chi connectivity index (χ1n) is 4.91. The molecule has 3 N–H and O–H groups in total. The van der Waals surface area contributed by atoms with Crippen LogP contribution < -0.4 is 11.1 Å². The normalized spacial score (nSPS) is 14.1. The first-order chi connectivity index (χ1) is 6.81. The molecule has 0 aromatic carbocycles. The Kier molecular flexibility index (Phi) is 2.84. The van der Waals surface area contributed by atoms with E-state index in [-0.39, 0.29) is 5.91 Å². The second kappa shape index (κ2) is 4.11. The van der Waals surface area contributed by atoms with Gasteiger partial charge in [-0.15, -0.1) is 11.3 Å². The first kappa shape index (κ1) is 9.68. The molecule has 0 fully saturated rings. The second-order valence-electron chi connectivity index (χ2n) is 3.46. The van der Waals surface area contributed by atoms with Crippen molar-refractivity contribution in [3.05, 3.63) is 21.4 Å². The van der Waals surface area contributed by atoms with Crippen LogP contribution in [0.2, 0.25) is 0 Å². The average Bonchev–Trinajstić information content (AvgIpc) is 2.72. The van der Waals surface area contributed by atoms with Gasteiger partial charge in [-0.25, -0.2) is 0 Å². The number of thiophene rings is 1. The van der Waals surface area contributed by atoms with Gasteiger partial charge in [0.05, 0.1) is 4.88 Å². The highest BCUT2D eigenvalue weighted by Gasteiger charge is 2.17. The Balaban J connectivity index is 2.06. The van der Waals surface area contributed by atoms with Crippen molar-refractivity contribution in [1.29, 1.82) is 0 Å². The molecule has 0 saturated heterocycles. The lowest BCUT2D eigenvalue weighted by Crippen LogP contribution is -2.28. The number of nitrogens with two attached hydrogens (primary N) is 1. The van der Waals surface area contributed by atoms with Crippen LogP contribution in [-0.2, 0) is 12.8 Å². The highest BCUT2D eigenvalue weighted by atomic mass is 32.1. The molecular formula is C10H14N2OS. The van der Waals surface area contributed by atoms with E-state index in [9.17, 15) is 4.79 Å². The van der Waals surface area contributed by atoms with Gasteiger partial charge in [0.15, 0.2) is 0 Å². The molecule has 0 radical (unpaired) electrons. The molecule has 14 heavy (non-hydrogen) atoms. The summed E-state index contributed by atoms with van der Waals surface area (Å²) in [4.78, 5) is 13.8. The number of amides is 1. The Morgan fingerprint density at radius 1 is 1.57 bits per heavy atom. The lowest BCUT2D eigenvalue weighted by Gasteiger charge is -1.99. The lowest BCUT2D eigenvalue weighted by atomic mass is 10.2. The van der Waals surface area contributed by atoms with Gasteiger partial charge < -0.3 is 11.1 Å². The molecule has 1 amide bonds. The van der Waals surface area contributed by atoms with Gasteiger partial charge in [-0.1, -0.05) is 0 Å². The molecule has 0 spiro atoms. The molecular weight excluding hydrogens is 196 g/mol. The molecule has 1 aliphatic carbocycles. The number of fused-ring (bicyclic) bond motifs is 1. The van der Waals surface area contributed by atoms with Crippen molar-refractivity contribution in [2.45, 2.75) is 19.3 Å². The number of carbonyl (C=O) groups excluding carboxylic acids is 1. The summed E-state index contributed by atoms with van der Waals surface area (Å²) in [5.41, 5.74) is 6.68. The maximum atomic E-state index is 11.6. The number of hydrogen-bond acceptors (Lipinski definition) is 3. The third-order valence-corrected chi connectivity index (χ3v) is 3.64. The quantitative estimate of drug-likeness (QED) is 0.779. The zero-order chi connectivity index (χ0) is 9.97. The summed E-state index contributed by atoms with van der Waals surface area (Å²) in [6.45, 7) is 1.05. The Bertz CT molecular complexity index is 324. The number of hydrogen-bond donors (Lipinski definition) is 2. The first-order valence-corrected chi connectivity index (χ1v) is 5.73. The fourth-order valence-corrected chi connectivity index (χ4v) is 2.88. The van der Waals surface area contributed by atoms with E-state index >= 15 is 0 Å². The molecule has 1 aromatic rings. The zero-order valence-electron chi connectivity index (χ0n) is 8.01. The van der Waals surface area contributed by atoms with E-state index in [4.69, 9.17) is 5.73 Å². The van der Waals surface area contributed by atoms with E-state index in [2.05, 4.69) is 5.32 Å².